The first-order valence-corrected chi connectivity index (χ1v) is 13.5. The van der Waals surface area contributed by atoms with Crippen LogP contribution in [0.4, 0.5) is 0 Å². The van der Waals surface area contributed by atoms with Gasteiger partial charge in [0.1, 0.15) is 5.82 Å². The minimum atomic E-state index is -3.24. The molecule has 0 saturated heterocycles. The van der Waals surface area contributed by atoms with Gasteiger partial charge >= 0.3 is 0 Å². The fraction of sp³-hybridized carbons (Fsp3) is 0.364. The molecule has 1 unspecified atom stereocenters. The Bertz CT molecular complexity index is 1260. The molecular formula is C22H24ClN5O3S2. The number of amides is 1. The second-order valence-electron chi connectivity index (χ2n) is 8.34. The summed E-state index contributed by atoms with van der Waals surface area (Å²) in [5.41, 5.74) is 1.75. The summed E-state index contributed by atoms with van der Waals surface area (Å²) in [6.07, 6.45) is 4.35. The van der Waals surface area contributed by atoms with E-state index in [2.05, 4.69) is 39.0 Å². The van der Waals surface area contributed by atoms with Crippen LogP contribution < -0.4 is 5.32 Å². The zero-order valence-electron chi connectivity index (χ0n) is 18.4. The summed E-state index contributed by atoms with van der Waals surface area (Å²) in [6.45, 7) is 5.82. The van der Waals surface area contributed by atoms with Gasteiger partial charge < -0.3 is 5.32 Å². The number of aromatic nitrogens is 3. The Morgan fingerprint density at radius 1 is 1.24 bits per heavy atom. The molecule has 2 aromatic heterocycles. The Kier molecular flexibility index (Phi) is 6.81. The highest BCUT2D eigenvalue weighted by Gasteiger charge is 2.37. The number of sulfone groups is 1. The summed E-state index contributed by atoms with van der Waals surface area (Å²) in [5, 5.41) is 3.81. The van der Waals surface area contributed by atoms with Crippen molar-refractivity contribution in [1.29, 1.82) is 0 Å². The lowest BCUT2D eigenvalue weighted by atomic mass is 10.0. The molecule has 1 aromatic carbocycles. The van der Waals surface area contributed by atoms with E-state index in [9.17, 15) is 13.2 Å². The van der Waals surface area contributed by atoms with E-state index < -0.39 is 9.84 Å². The highest BCUT2D eigenvalue weighted by atomic mass is 35.5. The van der Waals surface area contributed by atoms with Crippen molar-refractivity contribution in [1.82, 2.24) is 25.2 Å². The van der Waals surface area contributed by atoms with E-state index >= 15 is 0 Å². The lowest BCUT2D eigenvalue weighted by Gasteiger charge is -2.26. The summed E-state index contributed by atoms with van der Waals surface area (Å²) in [7, 11) is -3.24. The molecule has 1 N–H and O–H groups in total. The number of benzene rings is 1. The number of fused-ring (bicyclic) bond motifs is 1. The zero-order valence-corrected chi connectivity index (χ0v) is 20.8. The van der Waals surface area contributed by atoms with Crippen molar-refractivity contribution in [3.8, 4) is 0 Å². The second-order valence-corrected chi connectivity index (χ2v) is 11.9. The fourth-order valence-corrected chi connectivity index (χ4v) is 5.64. The van der Waals surface area contributed by atoms with Gasteiger partial charge in [-0.1, -0.05) is 37.6 Å². The van der Waals surface area contributed by atoms with E-state index in [-0.39, 0.29) is 16.8 Å². The largest absolute Gasteiger partial charge is 0.346 e. The Balaban J connectivity index is 1.43. The van der Waals surface area contributed by atoms with Crippen LogP contribution in [0.1, 0.15) is 51.7 Å². The first-order chi connectivity index (χ1) is 15.6. The average molecular weight is 506 g/mol. The van der Waals surface area contributed by atoms with E-state index in [1.807, 2.05) is 0 Å². The van der Waals surface area contributed by atoms with Crippen molar-refractivity contribution in [2.75, 3.05) is 6.26 Å². The van der Waals surface area contributed by atoms with Gasteiger partial charge in [-0.25, -0.2) is 23.4 Å². The van der Waals surface area contributed by atoms with Gasteiger partial charge in [-0.2, -0.15) is 0 Å². The molecule has 0 fully saturated rings. The topological polar surface area (TPSA) is 105 Å². The monoisotopic (exact) mass is 505 g/mol. The molecule has 0 saturated carbocycles. The molecule has 4 rings (SSSR count). The van der Waals surface area contributed by atoms with Gasteiger partial charge in [0.2, 0.25) is 0 Å². The first-order valence-electron chi connectivity index (χ1n) is 10.4. The van der Waals surface area contributed by atoms with Crippen LogP contribution in [-0.2, 0) is 29.5 Å². The molecule has 174 valence electrons. The fourth-order valence-electron chi connectivity index (χ4n) is 3.87. The molecule has 1 amide bonds. The van der Waals surface area contributed by atoms with Crippen LogP contribution >= 0.6 is 22.9 Å². The Labute approximate surface area is 202 Å². The van der Waals surface area contributed by atoms with Crippen LogP contribution in [0.25, 0.3) is 0 Å². The number of hydrogen-bond acceptors (Lipinski definition) is 8. The number of hydrogen-bond donors (Lipinski definition) is 1. The maximum absolute atomic E-state index is 12.7. The smallest absolute Gasteiger partial charge is 0.280 e. The van der Waals surface area contributed by atoms with E-state index in [0.29, 0.717) is 41.4 Å². The van der Waals surface area contributed by atoms with E-state index in [1.165, 1.54) is 17.6 Å². The van der Waals surface area contributed by atoms with E-state index in [0.717, 1.165) is 16.1 Å². The molecular weight excluding hydrogens is 482 g/mol. The van der Waals surface area contributed by atoms with Crippen LogP contribution in [0, 0.1) is 5.92 Å². The Hall–Kier alpha value is -2.40. The van der Waals surface area contributed by atoms with Crippen molar-refractivity contribution < 1.29 is 13.2 Å². The normalized spacial score (nSPS) is 16.2. The van der Waals surface area contributed by atoms with Crippen molar-refractivity contribution >= 4 is 38.7 Å². The van der Waals surface area contributed by atoms with Gasteiger partial charge in [-0.15, -0.1) is 11.3 Å². The number of nitrogens with one attached hydrogen (secondary N) is 1. The number of rotatable bonds is 7. The summed E-state index contributed by atoms with van der Waals surface area (Å²) < 4.78 is 23.2. The predicted molar refractivity (Wildman–Crippen MR) is 127 cm³/mol. The molecule has 1 aliphatic heterocycles. The molecule has 0 aliphatic carbocycles. The summed E-state index contributed by atoms with van der Waals surface area (Å²) in [5.74, 6) is 0.752. The highest BCUT2D eigenvalue weighted by Crippen LogP contribution is 2.41. The molecule has 3 heterocycles. The van der Waals surface area contributed by atoms with Crippen molar-refractivity contribution in [2.24, 2.45) is 5.92 Å². The SMILES string of the molecule is CC(C)C1c2nc(C(=O)NCc3ccc(S(C)(=O)=O)cc3)sc2CN1Cc1ncc(Cl)cn1. The summed E-state index contributed by atoms with van der Waals surface area (Å²) >= 11 is 7.29. The predicted octanol–water partition coefficient (Wildman–Crippen LogP) is 3.63. The number of carbonyl (C=O) groups is 1. The third kappa shape index (κ3) is 5.40. The van der Waals surface area contributed by atoms with Gasteiger partial charge in [0.25, 0.3) is 5.91 Å². The minimum Gasteiger partial charge on any atom is -0.346 e. The third-order valence-corrected chi connectivity index (χ3v) is 7.77. The lowest BCUT2D eigenvalue weighted by molar-refractivity contribution is 0.0949. The van der Waals surface area contributed by atoms with Crippen LogP contribution in [0.5, 0.6) is 0 Å². The molecule has 33 heavy (non-hydrogen) atoms. The first kappa shape index (κ1) is 23.7. The quantitative estimate of drug-likeness (QED) is 0.522. The molecule has 3 aromatic rings. The minimum absolute atomic E-state index is 0.0700. The van der Waals surface area contributed by atoms with Crippen molar-refractivity contribution in [2.45, 2.75) is 44.4 Å². The van der Waals surface area contributed by atoms with Crippen molar-refractivity contribution in [3.05, 3.63) is 68.6 Å². The highest BCUT2D eigenvalue weighted by molar-refractivity contribution is 7.90. The Morgan fingerprint density at radius 3 is 2.52 bits per heavy atom. The standard InChI is InChI=1S/C22H24ClN5O3S2/c1-13(2)20-19-17(11-28(20)12-18-24-9-15(23)10-25-18)32-22(27-19)21(29)26-8-14-4-6-16(7-5-14)33(3,30)31/h4-7,9-10,13,20H,8,11-12H2,1-3H3,(H,26,29). The van der Waals surface area contributed by atoms with Gasteiger partial charge in [0.05, 0.1) is 28.2 Å². The van der Waals surface area contributed by atoms with E-state index in [4.69, 9.17) is 11.6 Å². The summed E-state index contributed by atoms with van der Waals surface area (Å²) in [6, 6.07) is 6.55. The lowest BCUT2D eigenvalue weighted by Crippen LogP contribution is -2.27. The maximum atomic E-state index is 12.7. The van der Waals surface area contributed by atoms with Gasteiger partial charge in [0.15, 0.2) is 14.8 Å². The molecule has 11 heteroatoms. The molecule has 0 spiro atoms. The van der Waals surface area contributed by atoms with Crippen molar-refractivity contribution in [3.63, 3.8) is 0 Å². The van der Waals surface area contributed by atoms with Crippen LogP contribution in [-0.4, -0.2) is 40.4 Å². The molecule has 0 radical (unpaired) electrons. The number of halogens is 1. The number of carbonyl (C=O) groups excluding carboxylic acids is 1. The third-order valence-electron chi connectivity index (χ3n) is 5.40. The molecule has 1 aliphatic rings. The zero-order chi connectivity index (χ0) is 23.8. The maximum Gasteiger partial charge on any atom is 0.280 e. The summed E-state index contributed by atoms with van der Waals surface area (Å²) in [4.78, 5) is 29.6. The second kappa shape index (κ2) is 9.46. The van der Waals surface area contributed by atoms with Gasteiger partial charge in [-0.3, -0.25) is 9.69 Å². The van der Waals surface area contributed by atoms with E-state index in [1.54, 1.807) is 36.7 Å². The van der Waals surface area contributed by atoms with Crippen LogP contribution in [0.2, 0.25) is 5.02 Å². The number of nitrogens with zero attached hydrogens (tertiary/aromatic N) is 4. The molecule has 0 bridgehead atoms. The molecule has 1 atom stereocenters. The molecule has 8 nitrogen and oxygen atoms in total. The Morgan fingerprint density at radius 2 is 1.91 bits per heavy atom. The van der Waals surface area contributed by atoms with Gasteiger partial charge in [-0.05, 0) is 23.6 Å². The van der Waals surface area contributed by atoms with Gasteiger partial charge in [0, 0.05) is 36.6 Å². The average Bonchev–Trinajstić information content (AvgIpc) is 3.30. The van der Waals surface area contributed by atoms with Crippen LogP contribution in [0.3, 0.4) is 0 Å². The number of thiazole rings is 1. The van der Waals surface area contributed by atoms with Crippen LogP contribution in [0.15, 0.2) is 41.6 Å².